The second kappa shape index (κ2) is 7.37. The molecule has 1 heterocycles. The molecule has 3 amide bonds. The molecule has 0 unspecified atom stereocenters. The molecule has 0 N–H and O–H groups in total. The van der Waals surface area contributed by atoms with Crippen molar-refractivity contribution in [2.45, 2.75) is 20.0 Å². The average Bonchev–Trinajstić information content (AvgIpc) is 2.45. The molecule has 0 aromatic rings. The molecule has 0 atom stereocenters. The number of hydrogen-bond donors (Lipinski definition) is 0. The Hall–Kier alpha value is -1.67. The number of ether oxygens (including phenoxy) is 1. The second-order valence-electron chi connectivity index (χ2n) is 4.60. The molecule has 122 valence electrons. The van der Waals surface area contributed by atoms with E-state index in [4.69, 9.17) is 0 Å². The summed E-state index contributed by atoms with van der Waals surface area (Å²) in [5, 5.41) is 0. The van der Waals surface area contributed by atoms with Crippen molar-refractivity contribution in [2.24, 2.45) is 0 Å². The Balaban J connectivity index is 2.41. The van der Waals surface area contributed by atoms with E-state index in [9.17, 15) is 22.8 Å². The Kier molecular flexibility index (Phi) is 6.10. The first-order valence-electron chi connectivity index (χ1n) is 6.80. The van der Waals surface area contributed by atoms with Crippen LogP contribution in [0.2, 0.25) is 0 Å². The highest BCUT2D eigenvalue weighted by Gasteiger charge is 2.32. The van der Waals surface area contributed by atoms with Crippen LogP contribution in [0.4, 0.5) is 22.8 Å². The molecular weight excluding hydrogens is 291 g/mol. The Labute approximate surface area is 121 Å². The molecular formula is C12H20F3N3O3. The first-order chi connectivity index (χ1) is 9.78. The summed E-state index contributed by atoms with van der Waals surface area (Å²) < 4.78 is 40.1. The zero-order valence-electron chi connectivity index (χ0n) is 12.2. The Morgan fingerprint density at radius 2 is 1.52 bits per heavy atom. The van der Waals surface area contributed by atoms with E-state index < -0.39 is 18.9 Å². The zero-order chi connectivity index (χ0) is 16.0. The van der Waals surface area contributed by atoms with Crippen molar-refractivity contribution in [3.63, 3.8) is 0 Å². The maximum absolute atomic E-state index is 12.1. The summed E-state index contributed by atoms with van der Waals surface area (Å²) in [5.41, 5.74) is 0. The highest BCUT2D eigenvalue weighted by Crippen LogP contribution is 2.15. The minimum absolute atomic E-state index is 0.122. The summed E-state index contributed by atoms with van der Waals surface area (Å²) >= 11 is 0. The van der Waals surface area contributed by atoms with Gasteiger partial charge in [0.2, 0.25) is 0 Å². The number of amides is 3. The van der Waals surface area contributed by atoms with Crippen LogP contribution in [0, 0.1) is 0 Å². The minimum Gasteiger partial charge on any atom is -0.440 e. The predicted molar refractivity (Wildman–Crippen MR) is 68.9 cm³/mol. The molecule has 0 saturated carbocycles. The third kappa shape index (κ3) is 5.31. The van der Waals surface area contributed by atoms with Crippen molar-refractivity contribution < 1.29 is 27.5 Å². The van der Waals surface area contributed by atoms with E-state index in [0.29, 0.717) is 13.1 Å². The van der Waals surface area contributed by atoms with Crippen LogP contribution in [-0.4, -0.2) is 78.9 Å². The lowest BCUT2D eigenvalue weighted by Crippen LogP contribution is -2.54. The largest absolute Gasteiger partial charge is 0.440 e. The van der Waals surface area contributed by atoms with Gasteiger partial charge in [0.15, 0.2) is 6.61 Å². The minimum atomic E-state index is -4.53. The van der Waals surface area contributed by atoms with E-state index in [0.717, 1.165) is 0 Å². The van der Waals surface area contributed by atoms with Crippen molar-refractivity contribution >= 4 is 12.1 Å². The van der Waals surface area contributed by atoms with Crippen molar-refractivity contribution in [2.75, 3.05) is 45.9 Å². The topological polar surface area (TPSA) is 53.1 Å². The van der Waals surface area contributed by atoms with E-state index in [1.54, 1.807) is 9.80 Å². The lowest BCUT2D eigenvalue weighted by Gasteiger charge is -2.36. The maximum atomic E-state index is 12.1. The molecule has 0 aromatic carbocycles. The Bertz CT molecular complexity index is 364. The molecule has 1 rings (SSSR count). The average molecular weight is 311 g/mol. The van der Waals surface area contributed by atoms with Gasteiger partial charge in [-0.05, 0) is 13.8 Å². The first kappa shape index (κ1) is 17.4. The summed E-state index contributed by atoms with van der Waals surface area (Å²) in [4.78, 5) is 27.9. The van der Waals surface area contributed by atoms with E-state index in [2.05, 4.69) is 4.74 Å². The first-order valence-corrected chi connectivity index (χ1v) is 6.80. The summed E-state index contributed by atoms with van der Waals surface area (Å²) in [5.74, 6) is 0. The molecule has 0 radical (unpaired) electrons. The predicted octanol–water partition coefficient (Wildman–Crippen LogP) is 1.76. The van der Waals surface area contributed by atoms with Crippen molar-refractivity contribution in [3.8, 4) is 0 Å². The van der Waals surface area contributed by atoms with Crippen LogP contribution in [0.25, 0.3) is 0 Å². The number of hydrogen-bond acceptors (Lipinski definition) is 3. The fourth-order valence-corrected chi connectivity index (χ4v) is 2.01. The van der Waals surface area contributed by atoms with Gasteiger partial charge >= 0.3 is 18.3 Å². The quantitative estimate of drug-likeness (QED) is 0.798. The summed E-state index contributed by atoms with van der Waals surface area (Å²) in [6, 6.07) is -0.122. The van der Waals surface area contributed by atoms with Crippen LogP contribution in [0.1, 0.15) is 13.8 Å². The molecule has 1 aliphatic rings. The van der Waals surface area contributed by atoms with Crippen LogP contribution in [0.5, 0.6) is 0 Å². The SMILES string of the molecule is CCN(CC)C(=O)N1CCN(C(=O)OCC(F)(F)F)CC1. The molecule has 0 aliphatic carbocycles. The van der Waals surface area contributed by atoms with Gasteiger partial charge in [0.05, 0.1) is 0 Å². The number of alkyl halides is 3. The van der Waals surface area contributed by atoms with Crippen LogP contribution >= 0.6 is 0 Å². The molecule has 0 bridgehead atoms. The third-order valence-electron chi connectivity index (χ3n) is 3.20. The zero-order valence-corrected chi connectivity index (χ0v) is 12.2. The van der Waals surface area contributed by atoms with Crippen molar-refractivity contribution in [1.29, 1.82) is 0 Å². The number of rotatable bonds is 3. The van der Waals surface area contributed by atoms with Gasteiger partial charge in [0.25, 0.3) is 0 Å². The molecule has 21 heavy (non-hydrogen) atoms. The summed E-state index contributed by atoms with van der Waals surface area (Å²) in [6.07, 6.45) is -5.53. The molecule has 0 spiro atoms. The van der Waals surface area contributed by atoms with Crippen molar-refractivity contribution in [3.05, 3.63) is 0 Å². The number of urea groups is 1. The number of nitrogens with zero attached hydrogens (tertiary/aromatic N) is 3. The fraction of sp³-hybridized carbons (Fsp3) is 0.833. The van der Waals surface area contributed by atoms with Gasteiger partial charge in [-0.1, -0.05) is 0 Å². The normalized spacial score (nSPS) is 15.9. The number of piperazine rings is 1. The number of carbonyl (C=O) groups excluding carboxylic acids is 2. The standard InChI is InChI=1S/C12H20F3N3O3/c1-3-16(4-2)10(19)17-5-7-18(8-6-17)11(20)21-9-12(13,14)15/h3-9H2,1-2H3. The monoisotopic (exact) mass is 311 g/mol. The summed E-state index contributed by atoms with van der Waals surface area (Å²) in [6.45, 7) is 4.23. The summed E-state index contributed by atoms with van der Waals surface area (Å²) in [7, 11) is 0. The van der Waals surface area contributed by atoms with Gasteiger partial charge in [-0.25, -0.2) is 9.59 Å². The van der Waals surface area contributed by atoms with Crippen LogP contribution in [0.15, 0.2) is 0 Å². The van der Waals surface area contributed by atoms with Gasteiger partial charge < -0.3 is 19.4 Å². The maximum Gasteiger partial charge on any atom is 0.422 e. The van der Waals surface area contributed by atoms with Crippen molar-refractivity contribution in [1.82, 2.24) is 14.7 Å². The van der Waals surface area contributed by atoms with Gasteiger partial charge in [0, 0.05) is 39.3 Å². The van der Waals surface area contributed by atoms with E-state index in [1.807, 2.05) is 13.8 Å². The van der Waals surface area contributed by atoms with E-state index >= 15 is 0 Å². The molecule has 1 fully saturated rings. The van der Waals surface area contributed by atoms with Crippen LogP contribution < -0.4 is 0 Å². The number of halogens is 3. The molecule has 9 heteroatoms. The highest BCUT2D eigenvalue weighted by atomic mass is 19.4. The van der Waals surface area contributed by atoms with Gasteiger partial charge in [0.1, 0.15) is 0 Å². The smallest absolute Gasteiger partial charge is 0.422 e. The lowest BCUT2D eigenvalue weighted by atomic mass is 10.3. The Morgan fingerprint density at radius 3 is 1.95 bits per heavy atom. The molecule has 0 aromatic heterocycles. The fourth-order valence-electron chi connectivity index (χ4n) is 2.01. The Morgan fingerprint density at radius 1 is 1.05 bits per heavy atom. The molecule has 6 nitrogen and oxygen atoms in total. The molecule has 1 saturated heterocycles. The van der Waals surface area contributed by atoms with Crippen LogP contribution in [0.3, 0.4) is 0 Å². The number of carbonyl (C=O) groups is 2. The second-order valence-corrected chi connectivity index (χ2v) is 4.60. The lowest BCUT2D eigenvalue weighted by molar-refractivity contribution is -0.162. The van der Waals surface area contributed by atoms with Crippen LogP contribution in [-0.2, 0) is 4.74 Å². The van der Waals surface area contributed by atoms with Gasteiger partial charge in [-0.15, -0.1) is 0 Å². The van der Waals surface area contributed by atoms with Gasteiger partial charge in [-0.3, -0.25) is 0 Å². The van der Waals surface area contributed by atoms with E-state index in [-0.39, 0.29) is 32.2 Å². The van der Waals surface area contributed by atoms with E-state index in [1.165, 1.54) is 4.90 Å². The van der Waals surface area contributed by atoms with Gasteiger partial charge in [-0.2, -0.15) is 13.2 Å². The third-order valence-corrected chi connectivity index (χ3v) is 3.20. The molecule has 1 aliphatic heterocycles. The highest BCUT2D eigenvalue weighted by molar-refractivity contribution is 5.75.